The van der Waals surface area contributed by atoms with Crippen LogP contribution in [0.2, 0.25) is 0 Å². The van der Waals surface area contributed by atoms with Gasteiger partial charge in [-0.3, -0.25) is 4.79 Å². The van der Waals surface area contributed by atoms with Gasteiger partial charge in [0.15, 0.2) is 0 Å². The molecule has 1 aliphatic heterocycles. The van der Waals surface area contributed by atoms with Gasteiger partial charge in [0.1, 0.15) is 30.1 Å². The van der Waals surface area contributed by atoms with Crippen molar-refractivity contribution in [2.45, 2.75) is 18.6 Å². The summed E-state index contributed by atoms with van der Waals surface area (Å²) in [4.78, 5) is 24.1. The quantitative estimate of drug-likeness (QED) is 0.384. The van der Waals surface area contributed by atoms with Crippen LogP contribution in [0.1, 0.15) is 34.3 Å². The number of carbonyl (C=O) groups is 2. The average molecular weight is 444 g/mol. The first kappa shape index (κ1) is 22.1. The molecule has 1 heterocycles. The van der Waals surface area contributed by atoms with E-state index in [0.717, 1.165) is 22.4 Å². The molecule has 168 valence electrons. The summed E-state index contributed by atoms with van der Waals surface area (Å²) in [5.74, 6) is -0.147. The van der Waals surface area contributed by atoms with Gasteiger partial charge in [-0.05, 0) is 47.0 Å². The van der Waals surface area contributed by atoms with Gasteiger partial charge in [-0.2, -0.15) is 0 Å². The van der Waals surface area contributed by atoms with E-state index >= 15 is 0 Å². The van der Waals surface area contributed by atoms with Gasteiger partial charge in [-0.1, -0.05) is 48.5 Å². The normalized spacial score (nSPS) is 16.7. The van der Waals surface area contributed by atoms with Crippen LogP contribution in [0, 0.1) is 0 Å². The van der Waals surface area contributed by atoms with Crippen molar-refractivity contribution in [3.63, 3.8) is 0 Å². The number of ether oxygens (including phenoxy) is 4. The van der Waals surface area contributed by atoms with Gasteiger partial charge in [0, 0.05) is 11.6 Å². The summed E-state index contributed by atoms with van der Waals surface area (Å²) in [5.41, 5.74) is 3.38. The predicted molar refractivity (Wildman–Crippen MR) is 123 cm³/mol. The third-order valence-electron chi connectivity index (χ3n) is 5.45. The average Bonchev–Trinajstić information content (AvgIpc) is 3.25. The highest BCUT2D eigenvalue weighted by atomic mass is 16.5. The zero-order chi connectivity index (χ0) is 23.2. The number of methoxy groups -OCH3 is 2. The number of hydrogen-bond acceptors (Lipinski definition) is 6. The molecule has 0 unspecified atom stereocenters. The Hall–Kier alpha value is -4.06. The SMILES string of the molecule is COC(=O)/C=C/c1ccc2c(c1)[C@@H](C(=O)OC)[C@@H](c1ccc(OCc3ccccc3)cc1)O2. The Labute approximate surface area is 192 Å². The van der Waals surface area contributed by atoms with Gasteiger partial charge in [0.2, 0.25) is 0 Å². The minimum Gasteiger partial charge on any atom is -0.489 e. The van der Waals surface area contributed by atoms with Crippen LogP contribution in [0.25, 0.3) is 6.08 Å². The Morgan fingerprint density at radius 2 is 1.70 bits per heavy atom. The van der Waals surface area contributed by atoms with Crippen molar-refractivity contribution < 1.29 is 28.5 Å². The van der Waals surface area contributed by atoms with Crippen molar-refractivity contribution in [3.05, 3.63) is 101 Å². The van der Waals surface area contributed by atoms with Crippen LogP contribution in [-0.4, -0.2) is 26.2 Å². The Morgan fingerprint density at radius 1 is 0.939 bits per heavy atom. The van der Waals surface area contributed by atoms with Crippen molar-refractivity contribution in [2.75, 3.05) is 14.2 Å². The van der Waals surface area contributed by atoms with Crippen LogP contribution in [-0.2, 0) is 25.7 Å². The molecule has 0 saturated carbocycles. The van der Waals surface area contributed by atoms with E-state index in [4.69, 9.17) is 14.2 Å². The Kier molecular flexibility index (Phi) is 6.74. The Balaban J connectivity index is 1.54. The first-order valence-electron chi connectivity index (χ1n) is 10.5. The molecule has 0 aromatic heterocycles. The van der Waals surface area contributed by atoms with Gasteiger partial charge in [-0.25, -0.2) is 4.79 Å². The standard InChI is InChI=1S/C27H24O6/c1-30-24(28)15-9-18-8-14-23-22(16-18)25(27(29)31-2)26(33-23)20-10-12-21(13-11-20)32-17-19-6-4-3-5-7-19/h3-16,25-26H,17H2,1-2H3/b15-9+/t25-,26-/m1/s1. The molecule has 0 amide bonds. The fraction of sp³-hybridized carbons (Fsp3) is 0.185. The second-order valence-corrected chi connectivity index (χ2v) is 7.54. The number of rotatable bonds is 7. The van der Waals surface area contributed by atoms with Crippen LogP contribution in [0.5, 0.6) is 11.5 Å². The molecular weight excluding hydrogens is 420 g/mol. The molecule has 0 spiro atoms. The van der Waals surface area contributed by atoms with E-state index in [2.05, 4.69) is 4.74 Å². The van der Waals surface area contributed by atoms with Crippen LogP contribution in [0.3, 0.4) is 0 Å². The first-order valence-corrected chi connectivity index (χ1v) is 10.5. The molecule has 3 aromatic carbocycles. The van der Waals surface area contributed by atoms with Crippen molar-refractivity contribution in [2.24, 2.45) is 0 Å². The molecule has 3 aromatic rings. The summed E-state index contributed by atoms with van der Waals surface area (Å²) < 4.78 is 21.7. The fourth-order valence-electron chi connectivity index (χ4n) is 3.75. The smallest absolute Gasteiger partial charge is 0.330 e. The molecular formula is C27H24O6. The molecule has 1 aliphatic rings. The van der Waals surface area contributed by atoms with Crippen molar-refractivity contribution in [1.29, 1.82) is 0 Å². The van der Waals surface area contributed by atoms with E-state index in [1.54, 1.807) is 12.1 Å². The molecule has 0 aliphatic carbocycles. The van der Waals surface area contributed by atoms with E-state index in [9.17, 15) is 9.59 Å². The highest BCUT2D eigenvalue weighted by molar-refractivity contribution is 5.87. The van der Waals surface area contributed by atoms with Crippen LogP contribution < -0.4 is 9.47 Å². The number of hydrogen-bond donors (Lipinski definition) is 0. The maximum absolute atomic E-state index is 12.7. The minimum atomic E-state index is -0.632. The number of carbonyl (C=O) groups excluding carboxylic acids is 2. The van der Waals surface area contributed by atoms with E-state index in [-0.39, 0.29) is 0 Å². The summed E-state index contributed by atoms with van der Waals surface area (Å²) in [5, 5.41) is 0. The molecule has 0 radical (unpaired) electrons. The maximum Gasteiger partial charge on any atom is 0.330 e. The zero-order valence-electron chi connectivity index (χ0n) is 18.4. The van der Waals surface area contributed by atoms with Crippen LogP contribution >= 0.6 is 0 Å². The monoisotopic (exact) mass is 444 g/mol. The van der Waals surface area contributed by atoms with E-state index in [0.29, 0.717) is 17.9 Å². The fourth-order valence-corrected chi connectivity index (χ4v) is 3.75. The molecule has 2 atom stereocenters. The Bertz CT molecular complexity index is 1150. The number of fused-ring (bicyclic) bond motifs is 1. The van der Waals surface area contributed by atoms with E-state index in [1.165, 1.54) is 20.3 Å². The lowest BCUT2D eigenvalue weighted by Crippen LogP contribution is -2.20. The second-order valence-electron chi connectivity index (χ2n) is 7.54. The van der Waals surface area contributed by atoms with Gasteiger partial charge >= 0.3 is 11.9 Å². The largest absolute Gasteiger partial charge is 0.489 e. The summed E-state index contributed by atoms with van der Waals surface area (Å²) in [6.07, 6.45) is 2.43. The summed E-state index contributed by atoms with van der Waals surface area (Å²) in [6.45, 7) is 0.470. The number of benzene rings is 3. The van der Waals surface area contributed by atoms with Crippen LogP contribution in [0.4, 0.5) is 0 Å². The molecule has 6 heteroatoms. The van der Waals surface area contributed by atoms with Gasteiger partial charge in [-0.15, -0.1) is 0 Å². The second kappa shape index (κ2) is 10.0. The molecule has 33 heavy (non-hydrogen) atoms. The first-order chi connectivity index (χ1) is 16.1. The molecule has 4 rings (SSSR count). The van der Waals surface area contributed by atoms with Crippen molar-refractivity contribution in [1.82, 2.24) is 0 Å². The van der Waals surface area contributed by atoms with Crippen LogP contribution in [0.15, 0.2) is 78.9 Å². The molecule has 6 nitrogen and oxygen atoms in total. The lowest BCUT2D eigenvalue weighted by atomic mass is 9.90. The van der Waals surface area contributed by atoms with E-state index in [1.807, 2.05) is 66.7 Å². The third kappa shape index (κ3) is 5.06. The minimum absolute atomic E-state index is 0.391. The summed E-state index contributed by atoms with van der Waals surface area (Å²) >= 11 is 0. The highest BCUT2D eigenvalue weighted by Gasteiger charge is 2.41. The van der Waals surface area contributed by atoms with E-state index < -0.39 is 24.0 Å². The van der Waals surface area contributed by atoms with Gasteiger partial charge in [0.25, 0.3) is 0 Å². The molecule has 0 N–H and O–H groups in total. The lowest BCUT2D eigenvalue weighted by Gasteiger charge is -2.18. The third-order valence-corrected chi connectivity index (χ3v) is 5.45. The highest BCUT2D eigenvalue weighted by Crippen LogP contribution is 2.47. The predicted octanol–water partition coefficient (Wildman–Crippen LogP) is 4.84. The molecule has 0 fully saturated rings. The lowest BCUT2D eigenvalue weighted by molar-refractivity contribution is -0.144. The van der Waals surface area contributed by atoms with Gasteiger partial charge in [0.05, 0.1) is 14.2 Å². The topological polar surface area (TPSA) is 71.1 Å². The van der Waals surface area contributed by atoms with Crippen molar-refractivity contribution in [3.8, 4) is 11.5 Å². The zero-order valence-corrected chi connectivity index (χ0v) is 18.4. The molecule has 0 saturated heterocycles. The molecule has 0 bridgehead atoms. The Morgan fingerprint density at radius 3 is 2.39 bits per heavy atom. The summed E-state index contributed by atoms with van der Waals surface area (Å²) in [7, 11) is 2.68. The number of esters is 2. The maximum atomic E-state index is 12.7. The van der Waals surface area contributed by atoms with Crippen molar-refractivity contribution >= 4 is 18.0 Å². The van der Waals surface area contributed by atoms with Gasteiger partial charge < -0.3 is 18.9 Å². The summed E-state index contributed by atoms with van der Waals surface area (Å²) in [6, 6.07) is 22.9.